The average Bonchev–Trinajstić information content (AvgIpc) is 2.26. The van der Waals surface area contributed by atoms with E-state index >= 15 is 0 Å². The molecule has 4 heteroatoms. The molecule has 1 aromatic rings. The van der Waals surface area contributed by atoms with Crippen molar-refractivity contribution in [3.8, 4) is 5.75 Å². The van der Waals surface area contributed by atoms with Crippen molar-refractivity contribution in [1.82, 2.24) is 5.32 Å². The highest BCUT2D eigenvalue weighted by Crippen LogP contribution is 2.28. The summed E-state index contributed by atoms with van der Waals surface area (Å²) in [6.07, 6.45) is 1.12. The van der Waals surface area contributed by atoms with Gasteiger partial charge in [-0.15, -0.1) is 12.4 Å². The largest absolute Gasteiger partial charge is 0.494 e. The number of halogens is 2. The van der Waals surface area contributed by atoms with Crippen LogP contribution in [0.5, 0.6) is 5.75 Å². The Morgan fingerprint density at radius 2 is 1.76 bits per heavy atom. The molecule has 1 aromatic carbocycles. The summed E-state index contributed by atoms with van der Waals surface area (Å²) < 4.78 is 6.79. The molecule has 0 atom stereocenters. The minimum Gasteiger partial charge on any atom is -0.494 e. The molecule has 0 saturated heterocycles. The Morgan fingerprint density at radius 1 is 1.14 bits per heavy atom. The minimum atomic E-state index is 0. The van der Waals surface area contributed by atoms with Crippen LogP contribution in [0.1, 0.15) is 53.5 Å². The Kier molecular flexibility index (Phi) is 8.30. The maximum atomic E-state index is 5.70. The van der Waals surface area contributed by atoms with Crippen molar-refractivity contribution in [1.29, 1.82) is 0 Å². The van der Waals surface area contributed by atoms with Crippen LogP contribution in [-0.2, 0) is 6.54 Å². The maximum Gasteiger partial charge on any atom is 0.123 e. The van der Waals surface area contributed by atoms with E-state index in [1.54, 1.807) is 0 Å². The van der Waals surface area contributed by atoms with Crippen LogP contribution >= 0.6 is 28.3 Å². The smallest absolute Gasteiger partial charge is 0.123 e. The fourth-order valence-electron chi connectivity index (χ4n) is 2.71. The van der Waals surface area contributed by atoms with Crippen molar-refractivity contribution < 1.29 is 4.74 Å². The molecule has 0 unspecified atom stereocenters. The summed E-state index contributed by atoms with van der Waals surface area (Å²) in [5.41, 5.74) is 1.61. The Labute approximate surface area is 144 Å². The highest BCUT2D eigenvalue weighted by atomic mass is 79.9. The van der Waals surface area contributed by atoms with Crippen LogP contribution in [0.2, 0.25) is 0 Å². The van der Waals surface area contributed by atoms with Gasteiger partial charge in [-0.3, -0.25) is 0 Å². The number of hydrogen-bond acceptors (Lipinski definition) is 2. The first-order chi connectivity index (χ1) is 9.13. The van der Waals surface area contributed by atoms with E-state index in [-0.39, 0.29) is 17.9 Å². The van der Waals surface area contributed by atoms with Gasteiger partial charge in [0.2, 0.25) is 0 Å². The summed E-state index contributed by atoms with van der Waals surface area (Å²) in [4.78, 5) is 0. The van der Waals surface area contributed by atoms with E-state index in [0.29, 0.717) is 12.0 Å². The van der Waals surface area contributed by atoms with Crippen LogP contribution < -0.4 is 10.1 Å². The van der Waals surface area contributed by atoms with Gasteiger partial charge in [0.25, 0.3) is 0 Å². The molecule has 0 heterocycles. The molecular weight excluding hydrogens is 350 g/mol. The zero-order valence-electron chi connectivity index (χ0n) is 14.0. The summed E-state index contributed by atoms with van der Waals surface area (Å²) >= 11 is 3.53. The number of benzene rings is 1. The van der Waals surface area contributed by atoms with E-state index in [0.717, 1.165) is 23.2 Å². The molecule has 0 aliphatic heterocycles. The van der Waals surface area contributed by atoms with Gasteiger partial charge in [-0.05, 0) is 50.8 Å². The second-order valence-electron chi connectivity index (χ2n) is 7.16. The number of hydrogen-bond donors (Lipinski definition) is 1. The Balaban J connectivity index is 0.00000400. The molecule has 0 bridgehead atoms. The fraction of sp³-hybridized carbons (Fsp3) is 0.647. The second-order valence-corrected chi connectivity index (χ2v) is 8.08. The minimum absolute atomic E-state index is 0. The summed E-state index contributed by atoms with van der Waals surface area (Å²) in [6, 6.07) is 6.18. The normalized spacial score (nSPS) is 12.0. The van der Waals surface area contributed by atoms with Gasteiger partial charge in [0.05, 0.1) is 6.61 Å². The Hall–Kier alpha value is -0.250. The first kappa shape index (κ1) is 20.8. The molecule has 0 aliphatic rings. The predicted octanol–water partition coefficient (Wildman–Crippen LogP) is 5.57. The van der Waals surface area contributed by atoms with Gasteiger partial charge in [-0.25, -0.2) is 0 Å². The van der Waals surface area contributed by atoms with Gasteiger partial charge >= 0.3 is 0 Å². The molecule has 0 aromatic heterocycles. The van der Waals surface area contributed by atoms with Gasteiger partial charge in [0.1, 0.15) is 5.75 Å². The second kappa shape index (κ2) is 8.40. The van der Waals surface area contributed by atoms with Crippen LogP contribution in [0.3, 0.4) is 0 Å². The van der Waals surface area contributed by atoms with Crippen molar-refractivity contribution in [3.05, 3.63) is 28.2 Å². The molecule has 0 saturated carbocycles. The van der Waals surface area contributed by atoms with E-state index in [1.165, 1.54) is 5.56 Å². The Bertz CT molecular complexity index is 441. The lowest BCUT2D eigenvalue weighted by Crippen LogP contribution is -2.41. The third kappa shape index (κ3) is 8.08. The monoisotopic (exact) mass is 377 g/mol. The summed E-state index contributed by atoms with van der Waals surface area (Å²) in [6.45, 7) is 14.9. The molecular formula is C17H29BrClNO. The van der Waals surface area contributed by atoms with E-state index in [9.17, 15) is 0 Å². The first-order valence-electron chi connectivity index (χ1n) is 7.29. The molecule has 0 spiro atoms. The average molecular weight is 379 g/mol. The summed E-state index contributed by atoms with van der Waals surface area (Å²) in [7, 11) is 0. The van der Waals surface area contributed by atoms with E-state index < -0.39 is 0 Å². The summed E-state index contributed by atoms with van der Waals surface area (Å²) in [5, 5.41) is 3.66. The quantitative estimate of drug-likeness (QED) is 0.698. The van der Waals surface area contributed by atoms with Crippen molar-refractivity contribution in [2.75, 3.05) is 6.61 Å². The van der Waals surface area contributed by atoms with Gasteiger partial charge in [0.15, 0.2) is 0 Å². The van der Waals surface area contributed by atoms with Gasteiger partial charge in [0, 0.05) is 22.1 Å². The van der Waals surface area contributed by atoms with Crippen LogP contribution in [0, 0.1) is 5.41 Å². The van der Waals surface area contributed by atoms with Crippen molar-refractivity contribution in [3.63, 3.8) is 0 Å². The van der Waals surface area contributed by atoms with E-state index in [2.05, 4.69) is 61.9 Å². The summed E-state index contributed by atoms with van der Waals surface area (Å²) in [5.74, 6) is 0.967. The van der Waals surface area contributed by atoms with Crippen molar-refractivity contribution >= 4 is 28.3 Å². The van der Waals surface area contributed by atoms with Gasteiger partial charge in [-0.2, -0.15) is 0 Å². The lowest BCUT2D eigenvalue weighted by Gasteiger charge is -2.33. The van der Waals surface area contributed by atoms with Gasteiger partial charge < -0.3 is 10.1 Å². The standard InChI is InChI=1S/C17H28BrNO.ClH/c1-7-20-15-9-8-14(18)10-13(15)11-19-17(5,6)12-16(2,3)4;/h8-10,19H,7,11-12H2,1-6H3;1H. The maximum absolute atomic E-state index is 5.70. The number of ether oxygens (including phenoxy) is 1. The predicted molar refractivity (Wildman–Crippen MR) is 97.5 cm³/mol. The zero-order valence-corrected chi connectivity index (χ0v) is 16.5. The molecule has 0 aliphatic carbocycles. The van der Waals surface area contributed by atoms with Crippen molar-refractivity contribution in [2.24, 2.45) is 5.41 Å². The first-order valence-corrected chi connectivity index (χ1v) is 8.08. The van der Waals surface area contributed by atoms with Crippen LogP contribution in [-0.4, -0.2) is 12.1 Å². The molecule has 0 amide bonds. The van der Waals surface area contributed by atoms with Gasteiger partial charge in [-0.1, -0.05) is 36.7 Å². The third-order valence-electron chi connectivity index (χ3n) is 3.05. The molecule has 1 rings (SSSR count). The van der Waals surface area contributed by atoms with Crippen LogP contribution in [0.4, 0.5) is 0 Å². The lowest BCUT2D eigenvalue weighted by molar-refractivity contribution is 0.239. The molecule has 0 radical (unpaired) electrons. The SMILES string of the molecule is CCOc1ccc(Br)cc1CNC(C)(C)CC(C)(C)C.Cl. The lowest BCUT2D eigenvalue weighted by atomic mass is 9.82. The zero-order chi connectivity index (χ0) is 15.4. The molecule has 2 nitrogen and oxygen atoms in total. The third-order valence-corrected chi connectivity index (χ3v) is 3.55. The highest BCUT2D eigenvalue weighted by molar-refractivity contribution is 9.10. The topological polar surface area (TPSA) is 21.3 Å². The fourth-order valence-corrected chi connectivity index (χ4v) is 3.11. The molecule has 21 heavy (non-hydrogen) atoms. The van der Waals surface area contributed by atoms with Crippen molar-refractivity contribution in [2.45, 2.75) is 60.0 Å². The van der Waals surface area contributed by atoms with E-state index in [1.807, 2.05) is 19.1 Å². The van der Waals surface area contributed by atoms with Crippen LogP contribution in [0.25, 0.3) is 0 Å². The number of nitrogens with one attached hydrogen (secondary N) is 1. The molecule has 0 fully saturated rings. The number of rotatable bonds is 6. The molecule has 1 N–H and O–H groups in total. The van der Waals surface area contributed by atoms with Crippen LogP contribution in [0.15, 0.2) is 22.7 Å². The molecule has 122 valence electrons. The Morgan fingerprint density at radius 3 is 2.29 bits per heavy atom. The highest BCUT2D eigenvalue weighted by Gasteiger charge is 2.25. The van der Waals surface area contributed by atoms with E-state index in [4.69, 9.17) is 4.74 Å².